The van der Waals surface area contributed by atoms with E-state index in [2.05, 4.69) is 33.5 Å². The quantitative estimate of drug-likeness (QED) is 0.814. The van der Waals surface area contributed by atoms with Gasteiger partial charge in [0.05, 0.1) is 25.4 Å². The van der Waals surface area contributed by atoms with Crippen LogP contribution in [0.4, 0.5) is 5.13 Å². The van der Waals surface area contributed by atoms with Crippen LogP contribution in [-0.4, -0.2) is 49.1 Å². The minimum atomic E-state index is -0.0248. The Kier molecular flexibility index (Phi) is 6.24. The molecule has 1 aromatic carbocycles. The minimum Gasteiger partial charge on any atom is -0.496 e. The van der Waals surface area contributed by atoms with Crippen molar-refractivity contribution in [2.75, 3.05) is 38.6 Å². The van der Waals surface area contributed by atoms with E-state index in [9.17, 15) is 4.79 Å². The highest BCUT2D eigenvalue weighted by Crippen LogP contribution is 2.30. The largest absolute Gasteiger partial charge is 0.496 e. The van der Waals surface area contributed by atoms with E-state index in [1.54, 1.807) is 7.11 Å². The molecule has 2 aromatic rings. The number of nitrogens with zero attached hydrogens (tertiary/aromatic N) is 2. The van der Waals surface area contributed by atoms with Crippen LogP contribution in [0.2, 0.25) is 0 Å². The van der Waals surface area contributed by atoms with Gasteiger partial charge in [0.1, 0.15) is 5.75 Å². The van der Waals surface area contributed by atoms with Gasteiger partial charge in [-0.1, -0.05) is 25.1 Å². The topological polar surface area (TPSA) is 66.5 Å². The van der Waals surface area contributed by atoms with Gasteiger partial charge in [-0.3, -0.25) is 9.69 Å². The van der Waals surface area contributed by atoms with Crippen molar-refractivity contribution in [3.63, 3.8) is 0 Å². The number of para-hydroxylation sites is 1. The van der Waals surface area contributed by atoms with Crippen LogP contribution in [0.3, 0.4) is 0 Å². The van der Waals surface area contributed by atoms with Gasteiger partial charge in [-0.25, -0.2) is 4.98 Å². The van der Waals surface area contributed by atoms with Gasteiger partial charge < -0.3 is 15.4 Å². The Bertz CT molecular complexity index is 762. The molecule has 0 radical (unpaired) electrons. The summed E-state index contributed by atoms with van der Waals surface area (Å²) in [6.07, 6.45) is 0.881. The van der Waals surface area contributed by atoms with E-state index in [4.69, 9.17) is 4.74 Å². The van der Waals surface area contributed by atoms with Crippen LogP contribution in [0.25, 0.3) is 0 Å². The zero-order valence-electron chi connectivity index (χ0n) is 15.5. The van der Waals surface area contributed by atoms with Crippen molar-refractivity contribution in [1.29, 1.82) is 0 Å². The van der Waals surface area contributed by atoms with E-state index in [0.29, 0.717) is 11.7 Å². The van der Waals surface area contributed by atoms with Gasteiger partial charge in [-0.15, -0.1) is 11.3 Å². The van der Waals surface area contributed by atoms with Crippen LogP contribution >= 0.6 is 11.3 Å². The predicted octanol–water partition coefficient (Wildman–Crippen LogP) is 2.61. The zero-order valence-corrected chi connectivity index (χ0v) is 16.4. The van der Waals surface area contributed by atoms with Gasteiger partial charge in [0.15, 0.2) is 5.13 Å². The molecule has 0 bridgehead atoms. The molecule has 6 nitrogen and oxygen atoms in total. The molecule has 7 heteroatoms. The molecule has 2 heterocycles. The van der Waals surface area contributed by atoms with Crippen molar-refractivity contribution < 1.29 is 9.53 Å². The number of nitrogens with one attached hydrogen (secondary N) is 2. The van der Waals surface area contributed by atoms with Crippen LogP contribution in [0.15, 0.2) is 24.3 Å². The number of aryl methyl sites for hydroxylation is 2. The number of hydrogen-bond donors (Lipinski definition) is 2. The fraction of sp³-hybridized carbons (Fsp3) is 0.474. The lowest BCUT2D eigenvalue weighted by Gasteiger charge is -2.36. The summed E-state index contributed by atoms with van der Waals surface area (Å²) < 4.78 is 5.51. The summed E-state index contributed by atoms with van der Waals surface area (Å²) >= 11 is 1.54. The minimum absolute atomic E-state index is 0.0248. The molecule has 1 fully saturated rings. The lowest BCUT2D eigenvalue weighted by Crippen LogP contribution is -2.48. The van der Waals surface area contributed by atoms with E-state index < -0.39 is 0 Å². The highest BCUT2D eigenvalue weighted by atomic mass is 32.1. The number of thiazole rings is 1. The molecule has 1 aromatic heterocycles. The molecule has 0 saturated carbocycles. The van der Waals surface area contributed by atoms with Crippen molar-refractivity contribution in [3.8, 4) is 5.75 Å². The predicted molar refractivity (Wildman–Crippen MR) is 105 cm³/mol. The molecule has 2 N–H and O–H groups in total. The molecule has 0 aliphatic carbocycles. The Morgan fingerprint density at radius 3 is 3.00 bits per heavy atom. The highest BCUT2D eigenvalue weighted by molar-refractivity contribution is 7.15. The maximum absolute atomic E-state index is 12.6. The lowest BCUT2D eigenvalue weighted by molar-refractivity contribution is -0.118. The Balaban J connectivity index is 1.70. The second-order valence-electron chi connectivity index (χ2n) is 6.36. The summed E-state index contributed by atoms with van der Waals surface area (Å²) in [7, 11) is 1.68. The summed E-state index contributed by atoms with van der Waals surface area (Å²) in [6.45, 7) is 6.93. The number of carbonyl (C=O) groups is 1. The molecule has 0 spiro atoms. The fourth-order valence-electron chi connectivity index (χ4n) is 3.34. The fourth-order valence-corrected chi connectivity index (χ4v) is 4.26. The van der Waals surface area contributed by atoms with Gasteiger partial charge in [-0.05, 0) is 19.4 Å². The average molecular weight is 375 g/mol. The Morgan fingerprint density at radius 2 is 2.27 bits per heavy atom. The third-order valence-corrected chi connectivity index (χ3v) is 5.60. The second kappa shape index (κ2) is 8.62. The molecular formula is C19H26N4O2S. The van der Waals surface area contributed by atoms with Crippen LogP contribution in [0, 0.1) is 6.92 Å². The van der Waals surface area contributed by atoms with Crippen molar-refractivity contribution in [3.05, 3.63) is 40.4 Å². The standard InChI is InChI=1S/C19H26N4O2S/c1-4-15-13(2)26-19(21-15)22-18(24)12-23-10-9-20-11-16(23)14-7-5-6-8-17(14)25-3/h5-8,16,20H,4,9-12H2,1-3H3,(H,21,22,24). The third kappa shape index (κ3) is 4.23. The number of aromatic nitrogens is 1. The van der Waals surface area contributed by atoms with Gasteiger partial charge in [0.25, 0.3) is 0 Å². The number of piperazine rings is 1. The first-order valence-electron chi connectivity index (χ1n) is 8.96. The third-order valence-electron chi connectivity index (χ3n) is 4.67. The maximum Gasteiger partial charge on any atom is 0.240 e. The Labute approximate surface area is 158 Å². The van der Waals surface area contributed by atoms with Gasteiger partial charge >= 0.3 is 0 Å². The van der Waals surface area contributed by atoms with E-state index >= 15 is 0 Å². The van der Waals surface area contributed by atoms with Gasteiger partial charge in [-0.2, -0.15) is 0 Å². The molecule has 1 saturated heterocycles. The monoisotopic (exact) mass is 374 g/mol. The van der Waals surface area contributed by atoms with Crippen LogP contribution in [0.5, 0.6) is 5.75 Å². The number of methoxy groups -OCH3 is 1. The Hall–Kier alpha value is -1.96. The number of ether oxygens (including phenoxy) is 1. The van der Waals surface area contributed by atoms with Gasteiger partial charge in [0.2, 0.25) is 5.91 Å². The lowest BCUT2D eigenvalue weighted by atomic mass is 10.0. The molecule has 1 atom stereocenters. The molecule has 1 unspecified atom stereocenters. The first-order chi connectivity index (χ1) is 12.6. The van der Waals surface area contributed by atoms with Crippen LogP contribution in [-0.2, 0) is 11.2 Å². The molecule has 1 aliphatic heterocycles. The molecule has 3 rings (SSSR count). The van der Waals surface area contributed by atoms with Crippen molar-refractivity contribution in [1.82, 2.24) is 15.2 Å². The zero-order chi connectivity index (χ0) is 18.5. The second-order valence-corrected chi connectivity index (χ2v) is 7.56. The molecular weight excluding hydrogens is 348 g/mol. The molecule has 140 valence electrons. The van der Waals surface area contributed by atoms with E-state index in [0.717, 1.165) is 47.9 Å². The van der Waals surface area contributed by atoms with Gasteiger partial charge in [0, 0.05) is 30.1 Å². The number of amides is 1. The SMILES string of the molecule is CCc1nc(NC(=O)CN2CCNCC2c2ccccc2OC)sc1C. The summed E-state index contributed by atoms with van der Waals surface area (Å²) in [4.78, 5) is 20.4. The molecule has 1 aliphatic rings. The number of carbonyl (C=O) groups excluding carboxylic acids is 1. The maximum atomic E-state index is 12.6. The highest BCUT2D eigenvalue weighted by Gasteiger charge is 2.27. The molecule has 26 heavy (non-hydrogen) atoms. The number of benzene rings is 1. The normalized spacial score (nSPS) is 17.9. The number of rotatable bonds is 6. The first-order valence-corrected chi connectivity index (χ1v) is 9.77. The van der Waals surface area contributed by atoms with Crippen LogP contribution in [0.1, 0.15) is 29.1 Å². The summed E-state index contributed by atoms with van der Waals surface area (Å²) in [6, 6.07) is 8.11. The van der Waals surface area contributed by atoms with E-state index in [1.165, 1.54) is 11.3 Å². The van der Waals surface area contributed by atoms with Crippen molar-refractivity contribution >= 4 is 22.4 Å². The van der Waals surface area contributed by atoms with Crippen molar-refractivity contribution in [2.45, 2.75) is 26.3 Å². The number of anilines is 1. The smallest absolute Gasteiger partial charge is 0.240 e. The summed E-state index contributed by atoms with van der Waals surface area (Å²) in [5.41, 5.74) is 2.16. The summed E-state index contributed by atoms with van der Waals surface area (Å²) in [5.74, 6) is 0.831. The van der Waals surface area contributed by atoms with Crippen LogP contribution < -0.4 is 15.4 Å². The van der Waals surface area contributed by atoms with E-state index in [-0.39, 0.29) is 11.9 Å². The Morgan fingerprint density at radius 1 is 1.46 bits per heavy atom. The molecule has 1 amide bonds. The van der Waals surface area contributed by atoms with Crippen molar-refractivity contribution in [2.24, 2.45) is 0 Å². The summed E-state index contributed by atoms with van der Waals surface area (Å²) in [5, 5.41) is 7.07. The number of hydrogen-bond acceptors (Lipinski definition) is 6. The van der Waals surface area contributed by atoms with E-state index in [1.807, 2.05) is 25.1 Å². The average Bonchev–Trinajstić information content (AvgIpc) is 3.01. The first kappa shape index (κ1) is 18.8.